The van der Waals surface area contributed by atoms with Crippen LogP contribution >= 0.6 is 0 Å². The van der Waals surface area contributed by atoms with Crippen molar-refractivity contribution >= 4 is 0 Å². The zero-order valence-corrected chi connectivity index (χ0v) is 16.7. The first kappa shape index (κ1) is 19.9. The summed E-state index contributed by atoms with van der Waals surface area (Å²) in [6.45, 7) is 4.37. The molecule has 0 radical (unpaired) electrons. The highest BCUT2D eigenvalue weighted by atomic mass is 19.1. The van der Waals surface area contributed by atoms with Crippen molar-refractivity contribution in [1.82, 2.24) is 0 Å². The number of hydrogen-bond donors (Lipinski definition) is 1. The first-order chi connectivity index (χ1) is 13.0. The number of halogens is 1. The molecule has 2 aromatic carbocycles. The lowest BCUT2D eigenvalue weighted by Crippen LogP contribution is -2.38. The average Bonchev–Trinajstić information content (AvgIpc) is 2.80. The zero-order chi connectivity index (χ0) is 19.4. The number of aliphatic hydroxyl groups is 1. The summed E-state index contributed by atoms with van der Waals surface area (Å²) in [5.74, 6) is 0.272. The Hall–Kier alpha value is -1.87. The molecule has 1 aliphatic rings. The molecule has 2 nitrogen and oxygen atoms in total. The summed E-state index contributed by atoms with van der Waals surface area (Å²) in [6, 6.07) is 12.8. The third-order valence-electron chi connectivity index (χ3n) is 6.46. The summed E-state index contributed by atoms with van der Waals surface area (Å²) < 4.78 is 19.5. The fraction of sp³-hybridized carbons (Fsp3) is 0.500. The van der Waals surface area contributed by atoms with Crippen LogP contribution in [0.15, 0.2) is 42.5 Å². The molecule has 1 N–H and O–H groups in total. The molecule has 146 valence electrons. The molecule has 0 fully saturated rings. The van der Waals surface area contributed by atoms with Gasteiger partial charge in [0.1, 0.15) is 11.6 Å². The molecule has 0 amide bonds. The van der Waals surface area contributed by atoms with Gasteiger partial charge in [0, 0.05) is 5.92 Å². The van der Waals surface area contributed by atoms with Crippen LogP contribution in [0, 0.1) is 11.2 Å². The highest BCUT2D eigenvalue weighted by Crippen LogP contribution is 2.49. The lowest BCUT2D eigenvalue weighted by Gasteiger charge is -2.40. The number of aryl methyl sites for hydroxylation is 1. The van der Waals surface area contributed by atoms with Gasteiger partial charge in [0.2, 0.25) is 0 Å². The van der Waals surface area contributed by atoms with E-state index in [9.17, 15) is 9.50 Å². The Kier molecular flexibility index (Phi) is 6.21. The lowest BCUT2D eigenvalue weighted by molar-refractivity contribution is -0.00161. The van der Waals surface area contributed by atoms with Crippen LogP contribution in [0.4, 0.5) is 4.39 Å². The Morgan fingerprint density at radius 3 is 2.67 bits per heavy atom. The molecule has 1 aliphatic carbocycles. The fourth-order valence-electron chi connectivity index (χ4n) is 4.70. The Bertz CT molecular complexity index is 773. The summed E-state index contributed by atoms with van der Waals surface area (Å²) in [5, 5.41) is 11.7. The first-order valence-electron chi connectivity index (χ1n) is 10.1. The highest BCUT2D eigenvalue weighted by Gasteiger charge is 2.44. The Morgan fingerprint density at radius 1 is 1.19 bits per heavy atom. The van der Waals surface area contributed by atoms with Crippen LogP contribution in [0.2, 0.25) is 0 Å². The van der Waals surface area contributed by atoms with Crippen molar-refractivity contribution in [1.29, 1.82) is 0 Å². The molecule has 3 atom stereocenters. The van der Waals surface area contributed by atoms with Gasteiger partial charge in [-0.2, -0.15) is 0 Å². The summed E-state index contributed by atoms with van der Waals surface area (Å²) in [7, 11) is 1.66. The van der Waals surface area contributed by atoms with E-state index in [-0.39, 0.29) is 17.2 Å². The fourth-order valence-corrected chi connectivity index (χ4v) is 4.70. The Morgan fingerprint density at radius 2 is 2.00 bits per heavy atom. The molecule has 0 unspecified atom stereocenters. The number of hydrogen-bond acceptors (Lipinski definition) is 2. The van der Waals surface area contributed by atoms with E-state index in [1.807, 2.05) is 18.2 Å². The molecule has 27 heavy (non-hydrogen) atoms. The van der Waals surface area contributed by atoms with Gasteiger partial charge in [0.15, 0.2) is 0 Å². The maximum absolute atomic E-state index is 14.0. The SMILES string of the molecule is CCCC[C@]1(CC)CCc2ccc(OC)cc2[C@@H](c2cccc(F)c2)[C@H]1O. The number of ether oxygens (including phenoxy) is 1. The maximum Gasteiger partial charge on any atom is 0.123 e. The van der Waals surface area contributed by atoms with E-state index >= 15 is 0 Å². The van der Waals surface area contributed by atoms with Crippen LogP contribution in [0.3, 0.4) is 0 Å². The molecular weight excluding hydrogens is 339 g/mol. The molecule has 0 spiro atoms. The van der Waals surface area contributed by atoms with Gasteiger partial charge < -0.3 is 9.84 Å². The molecule has 0 saturated carbocycles. The minimum Gasteiger partial charge on any atom is -0.497 e. The van der Waals surface area contributed by atoms with Crippen LogP contribution in [-0.2, 0) is 6.42 Å². The van der Waals surface area contributed by atoms with E-state index < -0.39 is 6.10 Å². The summed E-state index contributed by atoms with van der Waals surface area (Å²) in [6.07, 6.45) is 5.46. The molecule has 3 heteroatoms. The second-order valence-corrected chi connectivity index (χ2v) is 7.86. The normalized spacial score (nSPS) is 24.9. The minimum absolute atomic E-state index is 0.154. The third kappa shape index (κ3) is 3.89. The lowest BCUT2D eigenvalue weighted by atomic mass is 9.67. The van der Waals surface area contributed by atoms with Crippen molar-refractivity contribution in [3.05, 3.63) is 65.0 Å². The Labute approximate surface area is 162 Å². The van der Waals surface area contributed by atoms with Crippen LogP contribution < -0.4 is 4.74 Å². The molecule has 3 rings (SSSR count). The van der Waals surface area contributed by atoms with Gasteiger partial charge in [-0.15, -0.1) is 0 Å². The number of aliphatic hydroxyl groups excluding tert-OH is 1. The third-order valence-corrected chi connectivity index (χ3v) is 6.46. The van der Waals surface area contributed by atoms with Crippen LogP contribution in [0.1, 0.15) is 68.6 Å². The van der Waals surface area contributed by atoms with Crippen molar-refractivity contribution in [3.63, 3.8) is 0 Å². The van der Waals surface area contributed by atoms with E-state index in [1.165, 1.54) is 11.6 Å². The Balaban J connectivity index is 2.16. The van der Waals surface area contributed by atoms with Crippen molar-refractivity contribution in [3.8, 4) is 5.75 Å². The standard InChI is InChI=1S/C24H31FO2/c1-4-6-13-24(5-2)14-12-17-10-11-20(27-3)16-21(17)22(23(24)26)18-8-7-9-19(25)15-18/h7-11,15-16,22-23,26H,4-6,12-14H2,1-3H3/t22-,23-,24-/m1/s1. The predicted molar refractivity (Wildman–Crippen MR) is 108 cm³/mol. The van der Waals surface area contributed by atoms with E-state index in [1.54, 1.807) is 19.2 Å². The van der Waals surface area contributed by atoms with E-state index in [0.717, 1.165) is 55.4 Å². The van der Waals surface area contributed by atoms with Crippen molar-refractivity contribution in [2.24, 2.45) is 5.41 Å². The van der Waals surface area contributed by atoms with Gasteiger partial charge in [-0.05, 0) is 72.1 Å². The quantitative estimate of drug-likeness (QED) is 0.645. The van der Waals surface area contributed by atoms with Gasteiger partial charge in [-0.1, -0.05) is 44.9 Å². The minimum atomic E-state index is -0.552. The number of fused-ring (bicyclic) bond motifs is 1. The molecule has 0 saturated heterocycles. The largest absolute Gasteiger partial charge is 0.497 e. The number of unbranched alkanes of at least 4 members (excludes halogenated alkanes) is 1. The number of benzene rings is 2. The maximum atomic E-state index is 14.0. The van der Waals surface area contributed by atoms with Gasteiger partial charge in [-0.3, -0.25) is 0 Å². The van der Waals surface area contributed by atoms with E-state index in [4.69, 9.17) is 4.74 Å². The molecular formula is C24H31FO2. The predicted octanol–water partition coefficient (Wildman–Crippen LogP) is 5.86. The molecule has 2 aromatic rings. The van der Waals surface area contributed by atoms with Gasteiger partial charge in [0.25, 0.3) is 0 Å². The van der Waals surface area contributed by atoms with Crippen LogP contribution in [0.25, 0.3) is 0 Å². The molecule has 0 aliphatic heterocycles. The second kappa shape index (κ2) is 8.43. The molecule has 0 aromatic heterocycles. The van der Waals surface area contributed by atoms with E-state index in [0.29, 0.717) is 0 Å². The topological polar surface area (TPSA) is 29.5 Å². The van der Waals surface area contributed by atoms with E-state index in [2.05, 4.69) is 19.9 Å². The monoisotopic (exact) mass is 370 g/mol. The van der Waals surface area contributed by atoms with Crippen molar-refractivity contribution in [2.75, 3.05) is 7.11 Å². The average molecular weight is 371 g/mol. The second-order valence-electron chi connectivity index (χ2n) is 7.86. The van der Waals surface area contributed by atoms with Gasteiger partial charge in [0.05, 0.1) is 13.2 Å². The van der Waals surface area contributed by atoms with Crippen LogP contribution in [-0.4, -0.2) is 18.3 Å². The van der Waals surface area contributed by atoms with Gasteiger partial charge >= 0.3 is 0 Å². The number of methoxy groups -OCH3 is 1. The first-order valence-corrected chi connectivity index (χ1v) is 10.1. The van der Waals surface area contributed by atoms with Crippen molar-refractivity contribution in [2.45, 2.75) is 64.4 Å². The van der Waals surface area contributed by atoms with Crippen molar-refractivity contribution < 1.29 is 14.2 Å². The highest BCUT2D eigenvalue weighted by molar-refractivity contribution is 5.45. The molecule has 0 heterocycles. The molecule has 0 bridgehead atoms. The van der Waals surface area contributed by atoms with Gasteiger partial charge in [-0.25, -0.2) is 4.39 Å². The summed E-state index contributed by atoms with van der Waals surface area (Å²) in [5.41, 5.74) is 2.99. The number of rotatable bonds is 6. The summed E-state index contributed by atoms with van der Waals surface area (Å²) in [4.78, 5) is 0. The smallest absolute Gasteiger partial charge is 0.123 e. The van der Waals surface area contributed by atoms with Crippen LogP contribution in [0.5, 0.6) is 5.75 Å². The summed E-state index contributed by atoms with van der Waals surface area (Å²) >= 11 is 0. The zero-order valence-electron chi connectivity index (χ0n) is 16.7.